The molecular weight excluding hydrogens is 252 g/mol. The van der Waals surface area contributed by atoms with E-state index in [0.29, 0.717) is 5.56 Å². The Balaban J connectivity index is 2.59. The minimum atomic E-state index is -0.359. The molecule has 0 aliphatic heterocycles. The maximum absolute atomic E-state index is 11.4. The molecule has 2 aromatic rings. The van der Waals surface area contributed by atoms with Crippen LogP contribution in [-0.2, 0) is 4.79 Å². The van der Waals surface area contributed by atoms with E-state index in [9.17, 15) is 9.90 Å². The number of carbonyl (C=O) groups excluding carboxylic acids is 1. The first-order valence-corrected chi connectivity index (χ1v) is 6.63. The second-order valence-electron chi connectivity index (χ2n) is 4.73. The van der Waals surface area contributed by atoms with Gasteiger partial charge < -0.3 is 9.84 Å². The van der Waals surface area contributed by atoms with Gasteiger partial charge in [0.2, 0.25) is 0 Å². The summed E-state index contributed by atoms with van der Waals surface area (Å²) in [6.45, 7) is 5.60. The first kappa shape index (κ1) is 14.1. The highest BCUT2D eigenvalue weighted by atomic mass is 16.5. The maximum atomic E-state index is 11.4. The van der Waals surface area contributed by atoms with Crippen LogP contribution >= 0.6 is 0 Å². The Morgan fingerprint density at radius 2 is 1.85 bits per heavy atom. The third-order valence-electron chi connectivity index (χ3n) is 3.36. The minimum absolute atomic E-state index is 0.0149. The van der Waals surface area contributed by atoms with Crippen LogP contribution < -0.4 is 4.74 Å². The van der Waals surface area contributed by atoms with E-state index in [-0.39, 0.29) is 23.9 Å². The smallest absolute Gasteiger partial charge is 0.311 e. The Morgan fingerprint density at radius 3 is 2.45 bits per heavy atom. The Labute approximate surface area is 118 Å². The summed E-state index contributed by atoms with van der Waals surface area (Å²) in [6, 6.07) is 11.3. The zero-order chi connectivity index (χ0) is 14.7. The summed E-state index contributed by atoms with van der Waals surface area (Å²) in [5.41, 5.74) is 3.56. The van der Waals surface area contributed by atoms with Crippen LogP contribution in [0.25, 0.3) is 11.1 Å². The standard InChI is InChI=1S/C17H18O3/c1-4-15(18)20-14-10-11(2)12(3)16(17(14)19)13-8-6-5-7-9-13/h5-10,19H,4H2,1-3H3. The number of hydrogen-bond acceptors (Lipinski definition) is 3. The highest BCUT2D eigenvalue weighted by Gasteiger charge is 2.17. The van der Waals surface area contributed by atoms with Crippen LogP contribution in [0.15, 0.2) is 36.4 Å². The number of aryl methyl sites for hydroxylation is 1. The van der Waals surface area contributed by atoms with Crippen molar-refractivity contribution in [3.8, 4) is 22.6 Å². The van der Waals surface area contributed by atoms with E-state index in [1.54, 1.807) is 13.0 Å². The van der Waals surface area contributed by atoms with E-state index in [1.807, 2.05) is 44.2 Å². The summed E-state index contributed by atoms with van der Waals surface area (Å²) in [4.78, 5) is 11.4. The lowest BCUT2D eigenvalue weighted by atomic mass is 9.95. The SMILES string of the molecule is CCC(=O)Oc1cc(C)c(C)c(-c2ccccc2)c1O. The van der Waals surface area contributed by atoms with Crippen molar-refractivity contribution in [2.75, 3.05) is 0 Å². The lowest BCUT2D eigenvalue weighted by molar-refractivity contribution is -0.134. The predicted molar refractivity (Wildman–Crippen MR) is 78.9 cm³/mol. The number of hydrogen-bond donors (Lipinski definition) is 1. The summed E-state index contributed by atoms with van der Waals surface area (Å²) in [7, 11) is 0. The molecule has 0 aliphatic carbocycles. The number of aromatic hydroxyl groups is 1. The van der Waals surface area contributed by atoms with Gasteiger partial charge in [0.15, 0.2) is 11.5 Å². The van der Waals surface area contributed by atoms with Gasteiger partial charge in [0.1, 0.15) is 0 Å². The van der Waals surface area contributed by atoms with Crippen LogP contribution in [0.2, 0.25) is 0 Å². The molecule has 0 aliphatic rings. The molecule has 0 heterocycles. The van der Waals surface area contributed by atoms with Crippen molar-refractivity contribution in [1.82, 2.24) is 0 Å². The molecule has 0 aromatic heterocycles. The van der Waals surface area contributed by atoms with Gasteiger partial charge in [0, 0.05) is 12.0 Å². The van der Waals surface area contributed by atoms with E-state index in [4.69, 9.17) is 4.74 Å². The van der Waals surface area contributed by atoms with E-state index >= 15 is 0 Å². The molecule has 3 nitrogen and oxygen atoms in total. The lowest BCUT2D eigenvalue weighted by Crippen LogP contribution is -2.06. The molecule has 0 atom stereocenters. The monoisotopic (exact) mass is 270 g/mol. The van der Waals surface area contributed by atoms with Crippen LogP contribution in [0.5, 0.6) is 11.5 Å². The van der Waals surface area contributed by atoms with Crippen molar-refractivity contribution >= 4 is 5.97 Å². The largest absolute Gasteiger partial charge is 0.504 e. The highest BCUT2D eigenvalue weighted by Crippen LogP contribution is 2.41. The number of carbonyl (C=O) groups is 1. The molecule has 0 fully saturated rings. The van der Waals surface area contributed by atoms with Gasteiger partial charge in [-0.2, -0.15) is 0 Å². The first-order valence-electron chi connectivity index (χ1n) is 6.63. The van der Waals surface area contributed by atoms with Gasteiger partial charge >= 0.3 is 5.97 Å². The number of phenolic OH excluding ortho intramolecular Hbond substituents is 1. The molecule has 2 aromatic carbocycles. The summed E-state index contributed by atoms with van der Waals surface area (Å²) >= 11 is 0. The van der Waals surface area contributed by atoms with Gasteiger partial charge in [0.25, 0.3) is 0 Å². The number of phenols is 1. The third-order valence-corrected chi connectivity index (χ3v) is 3.36. The summed E-state index contributed by atoms with van der Waals surface area (Å²) in [5, 5.41) is 10.4. The second-order valence-corrected chi connectivity index (χ2v) is 4.73. The number of benzene rings is 2. The van der Waals surface area contributed by atoms with Gasteiger partial charge in [-0.1, -0.05) is 37.3 Å². The van der Waals surface area contributed by atoms with Gasteiger partial charge in [-0.15, -0.1) is 0 Å². The molecule has 104 valence electrons. The van der Waals surface area contributed by atoms with Crippen LogP contribution in [0.3, 0.4) is 0 Å². The molecule has 0 radical (unpaired) electrons. The Hall–Kier alpha value is -2.29. The summed E-state index contributed by atoms with van der Waals surface area (Å²) in [6.07, 6.45) is 0.271. The zero-order valence-electron chi connectivity index (χ0n) is 11.9. The van der Waals surface area contributed by atoms with Crippen molar-refractivity contribution in [3.05, 3.63) is 47.5 Å². The van der Waals surface area contributed by atoms with Gasteiger partial charge in [0.05, 0.1) is 0 Å². The minimum Gasteiger partial charge on any atom is -0.504 e. The topological polar surface area (TPSA) is 46.5 Å². The van der Waals surface area contributed by atoms with Crippen LogP contribution in [0.1, 0.15) is 24.5 Å². The van der Waals surface area contributed by atoms with E-state index < -0.39 is 0 Å². The molecule has 0 unspecified atom stereocenters. The number of rotatable bonds is 3. The first-order chi connectivity index (χ1) is 9.54. The van der Waals surface area contributed by atoms with Crippen LogP contribution in [-0.4, -0.2) is 11.1 Å². The molecule has 0 saturated heterocycles. The van der Waals surface area contributed by atoms with E-state index in [0.717, 1.165) is 16.7 Å². The van der Waals surface area contributed by atoms with Crippen LogP contribution in [0.4, 0.5) is 0 Å². The number of ether oxygens (including phenoxy) is 1. The average Bonchev–Trinajstić information content (AvgIpc) is 2.46. The second kappa shape index (κ2) is 5.78. The molecule has 0 spiro atoms. The molecule has 2 rings (SSSR count). The zero-order valence-corrected chi connectivity index (χ0v) is 11.9. The average molecular weight is 270 g/mol. The molecule has 0 amide bonds. The van der Waals surface area contributed by atoms with Gasteiger partial charge in [-0.3, -0.25) is 4.79 Å². The fraction of sp³-hybridized carbons (Fsp3) is 0.235. The van der Waals surface area contributed by atoms with Gasteiger partial charge in [-0.25, -0.2) is 0 Å². The molecule has 1 N–H and O–H groups in total. The molecule has 0 saturated carbocycles. The highest BCUT2D eigenvalue weighted by molar-refractivity contribution is 5.80. The maximum Gasteiger partial charge on any atom is 0.311 e. The van der Waals surface area contributed by atoms with Crippen molar-refractivity contribution in [3.63, 3.8) is 0 Å². The van der Waals surface area contributed by atoms with Crippen molar-refractivity contribution in [2.24, 2.45) is 0 Å². The van der Waals surface area contributed by atoms with Crippen molar-refractivity contribution in [1.29, 1.82) is 0 Å². The van der Waals surface area contributed by atoms with Crippen molar-refractivity contribution in [2.45, 2.75) is 27.2 Å². The van der Waals surface area contributed by atoms with Gasteiger partial charge in [-0.05, 0) is 36.6 Å². The fourth-order valence-corrected chi connectivity index (χ4v) is 2.10. The third kappa shape index (κ3) is 2.67. The Bertz CT molecular complexity index is 630. The molecule has 3 heteroatoms. The van der Waals surface area contributed by atoms with Crippen molar-refractivity contribution < 1.29 is 14.6 Å². The Morgan fingerprint density at radius 1 is 1.20 bits per heavy atom. The molecular formula is C17H18O3. The predicted octanol–water partition coefficient (Wildman–Crippen LogP) is 3.99. The molecule has 0 bridgehead atoms. The normalized spacial score (nSPS) is 10.3. The lowest BCUT2D eigenvalue weighted by Gasteiger charge is -2.15. The summed E-state index contributed by atoms with van der Waals surface area (Å²) < 4.78 is 5.20. The quantitative estimate of drug-likeness (QED) is 0.677. The number of esters is 1. The Kier molecular flexibility index (Phi) is 4.08. The molecule has 20 heavy (non-hydrogen) atoms. The fourth-order valence-electron chi connectivity index (χ4n) is 2.10. The van der Waals surface area contributed by atoms with E-state index in [2.05, 4.69) is 0 Å². The van der Waals surface area contributed by atoms with Crippen LogP contribution in [0, 0.1) is 13.8 Å². The summed E-state index contributed by atoms with van der Waals surface area (Å²) in [5.74, 6) is -0.123. The van der Waals surface area contributed by atoms with E-state index in [1.165, 1.54) is 0 Å².